The fourth-order valence-corrected chi connectivity index (χ4v) is 2.41. The number of halogens is 2. The average molecular weight is 365 g/mol. The van der Waals surface area contributed by atoms with E-state index in [1.54, 1.807) is 13.3 Å². The van der Waals surface area contributed by atoms with Crippen LogP contribution in [0.5, 0.6) is 0 Å². The van der Waals surface area contributed by atoms with E-state index in [2.05, 4.69) is 20.5 Å². The van der Waals surface area contributed by atoms with Crippen LogP contribution in [-0.4, -0.2) is 57.3 Å². The highest BCUT2D eigenvalue weighted by Crippen LogP contribution is 2.21. The van der Waals surface area contributed by atoms with Gasteiger partial charge in [-0.05, 0) is 25.0 Å². The van der Waals surface area contributed by atoms with Gasteiger partial charge in [0.15, 0.2) is 0 Å². The van der Waals surface area contributed by atoms with E-state index in [9.17, 15) is 4.79 Å². The number of methoxy groups -OCH3 is 1. The van der Waals surface area contributed by atoms with E-state index in [0.29, 0.717) is 18.7 Å². The molecule has 2 rings (SSSR count). The number of ether oxygens (including phenoxy) is 1. The molecule has 8 heteroatoms. The summed E-state index contributed by atoms with van der Waals surface area (Å²) in [4.78, 5) is 18.9. The van der Waals surface area contributed by atoms with Crippen molar-refractivity contribution in [1.29, 1.82) is 0 Å². The number of aromatic nitrogens is 1. The summed E-state index contributed by atoms with van der Waals surface area (Å²) in [6.45, 7) is 4.75. The number of nitrogens with one attached hydrogen (secondary N) is 2. The second kappa shape index (κ2) is 12.4. The van der Waals surface area contributed by atoms with Gasteiger partial charge in [0.2, 0.25) is 0 Å². The van der Waals surface area contributed by atoms with Crippen LogP contribution in [0.3, 0.4) is 0 Å². The molecular weight excluding hydrogens is 339 g/mol. The van der Waals surface area contributed by atoms with Crippen molar-refractivity contribution < 1.29 is 9.53 Å². The lowest BCUT2D eigenvalue weighted by Gasteiger charge is -2.19. The summed E-state index contributed by atoms with van der Waals surface area (Å²) < 4.78 is 4.95. The van der Waals surface area contributed by atoms with E-state index in [4.69, 9.17) is 4.74 Å². The van der Waals surface area contributed by atoms with Gasteiger partial charge >= 0.3 is 0 Å². The molecule has 1 fully saturated rings. The third kappa shape index (κ3) is 6.91. The molecule has 132 valence electrons. The Morgan fingerprint density at radius 2 is 2.00 bits per heavy atom. The second-order valence-electron chi connectivity index (χ2n) is 5.07. The number of nitrogens with zero attached hydrogens (tertiary/aromatic N) is 2. The number of rotatable bonds is 8. The lowest BCUT2D eigenvalue weighted by Crippen LogP contribution is -2.34. The smallest absolute Gasteiger partial charge is 0.255 e. The molecule has 2 heterocycles. The predicted molar refractivity (Wildman–Crippen MR) is 97.3 cm³/mol. The molecule has 0 unspecified atom stereocenters. The number of pyridine rings is 1. The Morgan fingerprint density at radius 3 is 2.70 bits per heavy atom. The standard InChI is InChI=1S/C15H24N4O2.2ClH/c1-21-12-9-16-7-8-18-15(20)13-5-4-6-17-14(13)19-10-2-3-11-19;;/h4-6,16H,2-3,7-12H2,1H3,(H,18,20);2*1H. The minimum atomic E-state index is -0.0569. The summed E-state index contributed by atoms with van der Waals surface area (Å²) in [5, 5.41) is 6.13. The number of hydrogen-bond acceptors (Lipinski definition) is 5. The first-order chi connectivity index (χ1) is 10.3. The number of carbonyl (C=O) groups excluding carboxylic acids is 1. The van der Waals surface area contributed by atoms with Crippen LogP contribution in [0.2, 0.25) is 0 Å². The molecule has 1 aliphatic heterocycles. The zero-order valence-electron chi connectivity index (χ0n) is 13.4. The topological polar surface area (TPSA) is 66.5 Å². The maximum absolute atomic E-state index is 12.3. The largest absolute Gasteiger partial charge is 0.383 e. The van der Waals surface area contributed by atoms with E-state index in [0.717, 1.165) is 32.0 Å². The first kappa shape index (κ1) is 21.9. The van der Waals surface area contributed by atoms with Gasteiger partial charge in [0.25, 0.3) is 5.91 Å². The van der Waals surface area contributed by atoms with Crippen molar-refractivity contribution in [1.82, 2.24) is 15.6 Å². The lowest BCUT2D eigenvalue weighted by molar-refractivity contribution is 0.0954. The van der Waals surface area contributed by atoms with Crippen molar-refractivity contribution >= 4 is 36.5 Å². The summed E-state index contributed by atoms with van der Waals surface area (Å²) in [5.41, 5.74) is 0.663. The third-order valence-corrected chi connectivity index (χ3v) is 3.51. The molecule has 6 nitrogen and oxygen atoms in total. The van der Waals surface area contributed by atoms with E-state index >= 15 is 0 Å². The molecule has 1 saturated heterocycles. The van der Waals surface area contributed by atoms with Crippen LogP contribution >= 0.6 is 24.8 Å². The Morgan fingerprint density at radius 1 is 1.26 bits per heavy atom. The van der Waals surface area contributed by atoms with Gasteiger partial charge in [-0.3, -0.25) is 4.79 Å². The number of hydrogen-bond donors (Lipinski definition) is 2. The highest BCUT2D eigenvalue weighted by molar-refractivity contribution is 5.98. The minimum Gasteiger partial charge on any atom is -0.383 e. The van der Waals surface area contributed by atoms with E-state index < -0.39 is 0 Å². The molecule has 23 heavy (non-hydrogen) atoms. The molecule has 1 amide bonds. The number of anilines is 1. The van der Waals surface area contributed by atoms with Gasteiger partial charge in [-0.25, -0.2) is 4.98 Å². The molecule has 0 spiro atoms. The Kier molecular flexibility index (Phi) is 11.8. The van der Waals surface area contributed by atoms with Crippen molar-refractivity contribution in [3.8, 4) is 0 Å². The van der Waals surface area contributed by atoms with Crippen LogP contribution in [0, 0.1) is 0 Å². The van der Waals surface area contributed by atoms with Gasteiger partial charge in [0.05, 0.1) is 12.2 Å². The summed E-state index contributed by atoms with van der Waals surface area (Å²) in [5.74, 6) is 0.749. The van der Waals surface area contributed by atoms with Crippen LogP contribution in [0.1, 0.15) is 23.2 Å². The minimum absolute atomic E-state index is 0. The molecule has 2 N–H and O–H groups in total. The summed E-state index contributed by atoms with van der Waals surface area (Å²) in [6.07, 6.45) is 4.08. The van der Waals surface area contributed by atoms with Crippen molar-refractivity contribution in [2.45, 2.75) is 12.8 Å². The second-order valence-corrected chi connectivity index (χ2v) is 5.07. The Balaban J connectivity index is 0.00000242. The normalized spacial score (nSPS) is 13.2. The molecule has 1 aromatic rings. The van der Waals surface area contributed by atoms with E-state index in [1.807, 2.05) is 12.1 Å². The Labute approximate surface area is 150 Å². The summed E-state index contributed by atoms with van der Waals surface area (Å²) >= 11 is 0. The fraction of sp³-hybridized carbons (Fsp3) is 0.600. The van der Waals surface area contributed by atoms with E-state index in [1.165, 1.54) is 12.8 Å². The number of amides is 1. The highest BCUT2D eigenvalue weighted by atomic mass is 35.5. The molecule has 0 radical (unpaired) electrons. The predicted octanol–water partition coefficient (Wildman–Crippen LogP) is 1.49. The van der Waals surface area contributed by atoms with Crippen molar-refractivity contribution in [2.75, 3.05) is 51.3 Å². The van der Waals surface area contributed by atoms with Gasteiger partial charge < -0.3 is 20.3 Å². The Hall–Kier alpha value is -1.08. The van der Waals surface area contributed by atoms with Crippen LogP contribution in [0.4, 0.5) is 5.82 Å². The molecule has 1 aliphatic rings. The van der Waals surface area contributed by atoms with Gasteiger partial charge in [-0.15, -0.1) is 24.8 Å². The summed E-state index contributed by atoms with van der Waals surface area (Å²) in [6, 6.07) is 3.65. The molecule has 1 aromatic heterocycles. The fourth-order valence-electron chi connectivity index (χ4n) is 2.41. The quantitative estimate of drug-likeness (QED) is 0.684. The Bertz CT molecular complexity index is 457. The number of carbonyl (C=O) groups is 1. The summed E-state index contributed by atoms with van der Waals surface area (Å²) in [7, 11) is 1.67. The van der Waals surface area contributed by atoms with Crippen LogP contribution < -0.4 is 15.5 Å². The van der Waals surface area contributed by atoms with E-state index in [-0.39, 0.29) is 30.7 Å². The van der Waals surface area contributed by atoms with Gasteiger partial charge in [-0.1, -0.05) is 0 Å². The highest BCUT2D eigenvalue weighted by Gasteiger charge is 2.20. The first-order valence-corrected chi connectivity index (χ1v) is 7.50. The SMILES string of the molecule is COCCNCCNC(=O)c1cccnc1N1CCCC1.Cl.Cl. The van der Waals surface area contributed by atoms with Gasteiger partial charge in [-0.2, -0.15) is 0 Å². The maximum Gasteiger partial charge on any atom is 0.255 e. The molecule has 0 atom stereocenters. The average Bonchev–Trinajstić information content (AvgIpc) is 3.05. The van der Waals surface area contributed by atoms with Crippen molar-refractivity contribution in [3.05, 3.63) is 23.9 Å². The maximum atomic E-state index is 12.3. The monoisotopic (exact) mass is 364 g/mol. The van der Waals surface area contributed by atoms with Gasteiger partial charge in [0.1, 0.15) is 5.82 Å². The zero-order chi connectivity index (χ0) is 14.9. The molecule has 0 aliphatic carbocycles. The van der Waals surface area contributed by atoms with Crippen LogP contribution in [-0.2, 0) is 4.74 Å². The van der Waals surface area contributed by atoms with Crippen molar-refractivity contribution in [3.63, 3.8) is 0 Å². The molecule has 0 saturated carbocycles. The molecular formula is C15H26Cl2N4O2. The van der Waals surface area contributed by atoms with Crippen LogP contribution in [0.25, 0.3) is 0 Å². The third-order valence-electron chi connectivity index (χ3n) is 3.51. The zero-order valence-corrected chi connectivity index (χ0v) is 15.0. The first-order valence-electron chi connectivity index (χ1n) is 7.50. The molecule has 0 aromatic carbocycles. The van der Waals surface area contributed by atoms with Crippen LogP contribution in [0.15, 0.2) is 18.3 Å². The molecule has 0 bridgehead atoms. The van der Waals surface area contributed by atoms with Gasteiger partial charge in [0, 0.05) is 46.0 Å². The lowest BCUT2D eigenvalue weighted by atomic mass is 10.2. The van der Waals surface area contributed by atoms with Crippen molar-refractivity contribution in [2.24, 2.45) is 0 Å².